The predicted molar refractivity (Wildman–Crippen MR) is 163 cm³/mol. The Bertz CT molecular complexity index is 1210. The molecule has 0 radical (unpaired) electrons. The van der Waals surface area contributed by atoms with Gasteiger partial charge >= 0.3 is 0 Å². The number of carbonyl (C=O) groups is 1. The van der Waals surface area contributed by atoms with Gasteiger partial charge in [-0.05, 0) is 38.2 Å². The number of hydrogen-bond acceptors (Lipinski definition) is 7. The molecule has 1 spiro atoms. The molecule has 1 aliphatic carbocycles. The van der Waals surface area contributed by atoms with Crippen molar-refractivity contribution < 1.29 is 9.18 Å². The Morgan fingerprint density at radius 2 is 1.78 bits per heavy atom. The largest absolute Gasteiger partial charge is 0.381 e. The Kier molecular flexibility index (Phi) is 8.58. The molecule has 3 aliphatic heterocycles. The van der Waals surface area contributed by atoms with E-state index in [1.54, 1.807) is 12.4 Å². The smallest absolute Gasteiger partial charge is 0.263 e. The molecule has 1 amide bonds. The minimum Gasteiger partial charge on any atom is -0.381 e. The summed E-state index contributed by atoms with van der Waals surface area (Å²) >= 11 is 7.04. The normalized spacial score (nSPS) is 26.0. The molecular weight excluding hydrogens is 543 g/mol. The van der Waals surface area contributed by atoms with E-state index in [0.29, 0.717) is 42.6 Å². The van der Waals surface area contributed by atoms with Crippen molar-refractivity contribution in [3.05, 3.63) is 24.0 Å². The van der Waals surface area contributed by atoms with Crippen molar-refractivity contribution in [2.45, 2.75) is 100 Å². The van der Waals surface area contributed by atoms with Crippen molar-refractivity contribution in [3.63, 3.8) is 0 Å². The third-order valence-corrected chi connectivity index (χ3v) is 10.4. The SMILES string of the molecule is Nc1nn2c(c1C(=O)Nc1cnccc1N1CCC(N3CC[C@@H](F)C3)CC1)NCC(Cl)C21CCCCCCCCC1. The third-order valence-electron chi connectivity index (χ3n) is 9.84. The van der Waals surface area contributed by atoms with Gasteiger partial charge in [-0.2, -0.15) is 5.10 Å². The Morgan fingerprint density at radius 3 is 2.46 bits per heavy atom. The first-order valence-electron chi connectivity index (χ1n) is 15.6. The molecule has 4 N–H and O–H groups in total. The first-order valence-corrected chi connectivity index (χ1v) is 16.1. The van der Waals surface area contributed by atoms with E-state index in [2.05, 4.69) is 25.4 Å². The summed E-state index contributed by atoms with van der Waals surface area (Å²) in [6, 6.07) is 2.36. The van der Waals surface area contributed by atoms with Crippen LogP contribution in [0.5, 0.6) is 0 Å². The Balaban J connectivity index is 1.21. The number of aromatic nitrogens is 3. The number of alkyl halides is 2. The quantitative estimate of drug-likeness (QED) is 0.413. The number of likely N-dealkylation sites (tertiary alicyclic amines) is 1. The molecular formula is C30H44ClFN8O. The van der Waals surface area contributed by atoms with Gasteiger partial charge in [-0.1, -0.05) is 44.9 Å². The predicted octanol–water partition coefficient (Wildman–Crippen LogP) is 5.38. The van der Waals surface area contributed by atoms with Crippen molar-refractivity contribution in [1.82, 2.24) is 19.7 Å². The second kappa shape index (κ2) is 12.3. The van der Waals surface area contributed by atoms with Crippen LogP contribution in [0, 0.1) is 0 Å². The summed E-state index contributed by atoms with van der Waals surface area (Å²) in [6.07, 6.45) is 15.6. The molecule has 5 heterocycles. The van der Waals surface area contributed by atoms with Crippen LogP contribution >= 0.6 is 11.6 Å². The fraction of sp³-hybridized carbons (Fsp3) is 0.700. The van der Waals surface area contributed by atoms with Crippen LogP contribution in [0.15, 0.2) is 18.5 Å². The summed E-state index contributed by atoms with van der Waals surface area (Å²) in [6.45, 7) is 3.66. The Hall–Kier alpha value is -2.59. The highest BCUT2D eigenvalue weighted by molar-refractivity contribution is 6.22. The molecule has 2 atom stereocenters. The molecule has 4 aliphatic rings. The fourth-order valence-corrected chi connectivity index (χ4v) is 7.93. The van der Waals surface area contributed by atoms with Gasteiger partial charge in [0.1, 0.15) is 17.6 Å². The zero-order chi connectivity index (χ0) is 28.4. The van der Waals surface area contributed by atoms with Gasteiger partial charge in [0, 0.05) is 45.0 Å². The van der Waals surface area contributed by atoms with Crippen LogP contribution in [0.2, 0.25) is 0 Å². The molecule has 2 saturated heterocycles. The van der Waals surface area contributed by atoms with Crippen LogP contribution in [0.1, 0.15) is 87.4 Å². The third kappa shape index (κ3) is 5.74. The number of anilines is 4. The Labute approximate surface area is 247 Å². The zero-order valence-corrected chi connectivity index (χ0v) is 24.7. The molecule has 2 aromatic rings. The summed E-state index contributed by atoms with van der Waals surface area (Å²) in [7, 11) is 0. The van der Waals surface area contributed by atoms with Crippen LogP contribution in [-0.4, -0.2) is 75.9 Å². The number of nitrogens with zero attached hydrogens (tertiary/aromatic N) is 5. The second-order valence-corrected chi connectivity index (χ2v) is 12.9. The number of piperidine rings is 1. The highest BCUT2D eigenvalue weighted by Crippen LogP contribution is 2.44. The van der Waals surface area contributed by atoms with Crippen molar-refractivity contribution in [2.24, 2.45) is 0 Å². The fourth-order valence-electron chi connectivity index (χ4n) is 7.54. The van der Waals surface area contributed by atoms with Crippen LogP contribution in [-0.2, 0) is 5.54 Å². The van der Waals surface area contributed by atoms with Gasteiger partial charge in [0.05, 0.1) is 28.5 Å². The molecule has 1 saturated carbocycles. The average molecular weight is 587 g/mol. The molecule has 224 valence electrons. The molecule has 6 rings (SSSR count). The number of nitrogen functional groups attached to an aromatic ring is 1. The zero-order valence-electron chi connectivity index (χ0n) is 24.0. The van der Waals surface area contributed by atoms with E-state index in [4.69, 9.17) is 22.4 Å². The number of halogens is 2. The van der Waals surface area contributed by atoms with E-state index < -0.39 is 6.17 Å². The van der Waals surface area contributed by atoms with Crippen molar-refractivity contribution in [2.75, 3.05) is 54.0 Å². The number of hydrogen-bond donors (Lipinski definition) is 3. The lowest BCUT2D eigenvalue weighted by atomic mass is 9.81. The maximum atomic E-state index is 13.8. The number of amides is 1. The van der Waals surface area contributed by atoms with E-state index in [1.807, 2.05) is 10.7 Å². The second-order valence-electron chi connectivity index (χ2n) is 12.4. The summed E-state index contributed by atoms with van der Waals surface area (Å²) < 4.78 is 15.7. The number of nitrogens with two attached hydrogens (primary N) is 1. The number of pyridine rings is 1. The Morgan fingerprint density at radius 1 is 1.07 bits per heavy atom. The average Bonchev–Trinajstić information content (AvgIpc) is 3.57. The minimum absolute atomic E-state index is 0.131. The van der Waals surface area contributed by atoms with Gasteiger partial charge in [0.25, 0.3) is 5.91 Å². The topological polar surface area (TPSA) is 104 Å². The van der Waals surface area contributed by atoms with Gasteiger partial charge in [0.2, 0.25) is 0 Å². The van der Waals surface area contributed by atoms with Gasteiger partial charge < -0.3 is 21.3 Å². The maximum Gasteiger partial charge on any atom is 0.263 e. The van der Waals surface area contributed by atoms with E-state index in [-0.39, 0.29) is 22.6 Å². The first-order chi connectivity index (χ1) is 20.0. The lowest BCUT2D eigenvalue weighted by molar-refractivity contribution is 0.102. The highest BCUT2D eigenvalue weighted by Gasteiger charge is 2.46. The van der Waals surface area contributed by atoms with Crippen LogP contribution in [0.4, 0.5) is 27.4 Å². The van der Waals surface area contributed by atoms with E-state index >= 15 is 0 Å². The van der Waals surface area contributed by atoms with E-state index in [0.717, 1.165) is 63.8 Å². The van der Waals surface area contributed by atoms with Crippen molar-refractivity contribution in [1.29, 1.82) is 0 Å². The molecule has 2 aromatic heterocycles. The number of rotatable bonds is 4. The molecule has 1 unspecified atom stereocenters. The van der Waals surface area contributed by atoms with Crippen LogP contribution in [0.3, 0.4) is 0 Å². The standard InChI is InChI=1S/C30H44ClFN8O/c31-25-19-35-28-26(27(33)37-40(28)30(25)12-6-4-2-1-3-5-7-13-30)29(41)36-23-18-34-14-8-24(23)38-16-10-22(11-17-38)39-15-9-21(32)20-39/h8,14,18,21-22,25,35H,1-7,9-13,15-17,19-20H2,(H2,33,37)(H,36,41)/t21-,25?/m1/s1. The monoisotopic (exact) mass is 586 g/mol. The minimum atomic E-state index is -0.696. The maximum absolute atomic E-state index is 13.8. The summed E-state index contributed by atoms with van der Waals surface area (Å²) in [5.41, 5.74) is 8.08. The lowest BCUT2D eigenvalue weighted by Crippen LogP contribution is -2.50. The molecule has 0 bridgehead atoms. The lowest BCUT2D eigenvalue weighted by Gasteiger charge is -2.43. The molecule has 41 heavy (non-hydrogen) atoms. The van der Waals surface area contributed by atoms with Gasteiger partial charge in [-0.15, -0.1) is 11.6 Å². The van der Waals surface area contributed by atoms with Crippen molar-refractivity contribution >= 4 is 40.5 Å². The van der Waals surface area contributed by atoms with Gasteiger partial charge in [-0.25, -0.2) is 9.07 Å². The number of fused-ring (bicyclic) bond motifs is 2. The van der Waals surface area contributed by atoms with Crippen LogP contribution < -0.4 is 21.3 Å². The first kappa shape index (κ1) is 28.5. The van der Waals surface area contributed by atoms with E-state index in [9.17, 15) is 9.18 Å². The van der Waals surface area contributed by atoms with Gasteiger partial charge in [-0.3, -0.25) is 14.7 Å². The molecule has 9 nitrogen and oxygen atoms in total. The summed E-state index contributed by atoms with van der Waals surface area (Å²) in [5, 5.41) is 11.1. The van der Waals surface area contributed by atoms with Crippen LogP contribution in [0.25, 0.3) is 0 Å². The number of carbonyl (C=O) groups excluding carboxylic acids is 1. The van der Waals surface area contributed by atoms with Gasteiger partial charge in [0.15, 0.2) is 5.82 Å². The summed E-state index contributed by atoms with van der Waals surface area (Å²) in [4.78, 5) is 22.7. The molecule has 0 aromatic carbocycles. The summed E-state index contributed by atoms with van der Waals surface area (Å²) in [5.74, 6) is 0.585. The van der Waals surface area contributed by atoms with Crippen molar-refractivity contribution in [3.8, 4) is 0 Å². The molecule has 11 heteroatoms. The van der Waals surface area contributed by atoms with E-state index in [1.165, 1.54) is 32.1 Å². The molecule has 3 fully saturated rings. The number of nitrogens with one attached hydrogen (secondary N) is 2. The highest BCUT2D eigenvalue weighted by atomic mass is 35.5.